The molecule has 0 aromatic carbocycles. The van der Waals surface area contributed by atoms with Crippen LogP contribution < -0.4 is 0 Å². The van der Waals surface area contributed by atoms with Crippen LogP contribution in [0.5, 0.6) is 0 Å². The highest BCUT2D eigenvalue weighted by molar-refractivity contribution is 7.85. The molecule has 1 rings (SSSR count). The van der Waals surface area contributed by atoms with Gasteiger partial charge in [-0.05, 0) is 52.2 Å². The van der Waals surface area contributed by atoms with Gasteiger partial charge in [0.2, 0.25) is 0 Å². The first-order valence-electron chi connectivity index (χ1n) is 9.35. The topological polar surface area (TPSA) is 65.1 Å². The minimum atomic E-state index is -3.47. The Kier molecular flexibility index (Phi) is 7.55. The van der Waals surface area contributed by atoms with Gasteiger partial charge in [0.25, 0.3) is 10.1 Å². The SMILES string of the molecule is C[C@@H]1[C@H](O[Si](C)(C)C(C)(C)C)C[C@@H](COS(C)(=O)=O)N1COC(C)(C)C. The zero-order valence-electron chi connectivity index (χ0n) is 18.3. The van der Waals surface area contributed by atoms with Gasteiger partial charge >= 0.3 is 0 Å². The second-order valence-electron chi connectivity index (χ2n) is 9.94. The van der Waals surface area contributed by atoms with Gasteiger partial charge < -0.3 is 9.16 Å². The second-order valence-corrected chi connectivity index (χ2v) is 16.3. The largest absolute Gasteiger partial charge is 0.412 e. The highest BCUT2D eigenvalue weighted by atomic mass is 32.2. The first kappa shape index (κ1) is 24.0. The molecular formula is C18H39NO5SSi. The summed E-state index contributed by atoms with van der Waals surface area (Å²) in [5.74, 6) is 0. The number of nitrogens with zero attached hydrogens (tertiary/aromatic N) is 1. The molecule has 0 unspecified atom stereocenters. The summed E-state index contributed by atoms with van der Waals surface area (Å²) in [6.45, 7) is 19.9. The first-order chi connectivity index (χ1) is 11.4. The van der Waals surface area contributed by atoms with Crippen LogP contribution in [0.4, 0.5) is 0 Å². The molecule has 1 fully saturated rings. The number of rotatable bonds is 7. The molecule has 0 amide bonds. The minimum absolute atomic E-state index is 0.0446. The zero-order chi connectivity index (χ0) is 20.6. The summed E-state index contributed by atoms with van der Waals surface area (Å²) in [7, 11) is -5.39. The van der Waals surface area contributed by atoms with E-state index in [1.165, 1.54) is 0 Å². The number of likely N-dealkylation sites (tertiary alicyclic amines) is 1. The number of hydrogen-bond acceptors (Lipinski definition) is 6. The average molecular weight is 410 g/mol. The molecule has 1 aliphatic rings. The van der Waals surface area contributed by atoms with Crippen molar-refractivity contribution in [2.45, 2.75) is 96.8 Å². The van der Waals surface area contributed by atoms with E-state index in [0.717, 1.165) is 12.7 Å². The van der Waals surface area contributed by atoms with E-state index < -0.39 is 18.4 Å². The molecule has 1 heterocycles. The van der Waals surface area contributed by atoms with E-state index in [1.807, 2.05) is 20.8 Å². The van der Waals surface area contributed by atoms with Crippen LogP contribution in [0.15, 0.2) is 0 Å². The molecule has 0 aliphatic carbocycles. The molecule has 0 radical (unpaired) electrons. The quantitative estimate of drug-likeness (QED) is 0.473. The van der Waals surface area contributed by atoms with Crippen molar-refractivity contribution in [2.24, 2.45) is 0 Å². The third-order valence-electron chi connectivity index (χ3n) is 5.41. The predicted molar refractivity (Wildman–Crippen MR) is 108 cm³/mol. The Morgan fingerprint density at radius 2 is 1.65 bits per heavy atom. The number of hydrogen-bond donors (Lipinski definition) is 0. The Bertz CT molecular complexity index is 565. The van der Waals surface area contributed by atoms with E-state index in [0.29, 0.717) is 6.73 Å². The summed E-state index contributed by atoms with van der Waals surface area (Å²) in [6.07, 6.45) is 1.88. The molecule has 6 nitrogen and oxygen atoms in total. The van der Waals surface area contributed by atoms with Gasteiger partial charge in [0.05, 0.1) is 24.6 Å². The van der Waals surface area contributed by atoms with Crippen molar-refractivity contribution in [3.8, 4) is 0 Å². The van der Waals surface area contributed by atoms with E-state index >= 15 is 0 Å². The molecule has 0 aromatic heterocycles. The van der Waals surface area contributed by atoms with E-state index in [-0.39, 0.29) is 35.4 Å². The fraction of sp³-hybridized carbons (Fsp3) is 1.00. The fourth-order valence-electron chi connectivity index (χ4n) is 2.71. The second kappa shape index (κ2) is 8.17. The van der Waals surface area contributed by atoms with Crippen molar-refractivity contribution < 1.29 is 21.8 Å². The van der Waals surface area contributed by atoms with Crippen molar-refractivity contribution >= 4 is 18.4 Å². The first-order valence-corrected chi connectivity index (χ1v) is 14.1. The maximum Gasteiger partial charge on any atom is 0.264 e. The highest BCUT2D eigenvalue weighted by Gasteiger charge is 2.46. The molecule has 156 valence electrons. The molecule has 0 N–H and O–H groups in total. The Morgan fingerprint density at radius 3 is 2.08 bits per heavy atom. The summed E-state index contributed by atoms with van der Waals surface area (Å²) in [5.41, 5.74) is -0.264. The molecule has 3 atom stereocenters. The van der Waals surface area contributed by atoms with Gasteiger partial charge in [-0.25, -0.2) is 0 Å². The molecule has 0 spiro atoms. The Balaban J connectivity index is 2.92. The van der Waals surface area contributed by atoms with Crippen molar-refractivity contribution in [2.75, 3.05) is 19.6 Å². The Labute approximate surface area is 161 Å². The fourth-order valence-corrected chi connectivity index (χ4v) is 4.51. The normalized spacial score (nSPS) is 26.5. The van der Waals surface area contributed by atoms with Gasteiger partial charge in [0.15, 0.2) is 8.32 Å². The van der Waals surface area contributed by atoms with E-state index in [1.54, 1.807) is 0 Å². The molecular weight excluding hydrogens is 370 g/mol. The summed E-state index contributed by atoms with van der Waals surface area (Å²) in [5, 5.41) is 0.126. The molecule has 1 saturated heterocycles. The molecule has 1 aliphatic heterocycles. The predicted octanol–water partition coefficient (Wildman–Crippen LogP) is 3.59. The van der Waals surface area contributed by atoms with Crippen LogP contribution in [0.25, 0.3) is 0 Å². The van der Waals surface area contributed by atoms with E-state index in [4.69, 9.17) is 13.3 Å². The molecule has 0 aromatic rings. The van der Waals surface area contributed by atoms with Crippen LogP contribution in [0.2, 0.25) is 18.1 Å². The smallest absolute Gasteiger partial charge is 0.264 e. The monoisotopic (exact) mass is 409 g/mol. The molecule has 26 heavy (non-hydrogen) atoms. The maximum atomic E-state index is 11.4. The van der Waals surface area contributed by atoms with Gasteiger partial charge in [0, 0.05) is 12.1 Å². The molecule has 8 heteroatoms. The van der Waals surface area contributed by atoms with Crippen LogP contribution in [-0.2, 0) is 23.5 Å². The summed E-state index contributed by atoms with van der Waals surface area (Å²) >= 11 is 0. The van der Waals surface area contributed by atoms with Gasteiger partial charge in [-0.2, -0.15) is 8.42 Å². The van der Waals surface area contributed by atoms with Crippen LogP contribution in [0.3, 0.4) is 0 Å². The maximum absolute atomic E-state index is 11.4. The Morgan fingerprint density at radius 1 is 1.12 bits per heavy atom. The summed E-state index contributed by atoms with van der Waals surface area (Å²) in [4.78, 5) is 2.17. The van der Waals surface area contributed by atoms with Gasteiger partial charge in [-0.3, -0.25) is 9.08 Å². The Hall–Kier alpha value is 0.00688. The third kappa shape index (κ3) is 7.20. The van der Waals surface area contributed by atoms with Crippen molar-refractivity contribution in [3.05, 3.63) is 0 Å². The van der Waals surface area contributed by atoms with Crippen molar-refractivity contribution in [3.63, 3.8) is 0 Å². The lowest BCUT2D eigenvalue weighted by atomic mass is 10.2. The summed E-state index contributed by atoms with van der Waals surface area (Å²) < 4.78 is 40.6. The third-order valence-corrected chi connectivity index (χ3v) is 10.5. The average Bonchev–Trinajstić information content (AvgIpc) is 2.67. The zero-order valence-corrected chi connectivity index (χ0v) is 20.1. The standard InChI is InChI=1S/C18H39NO5SSi/c1-14-16(24-26(9,10)18(5,6)7)11-15(12-23-25(8,20)21)19(14)13-22-17(2,3)4/h14-16H,11-13H2,1-10H3/t14-,15+,16-/m1/s1. The van der Waals surface area contributed by atoms with Crippen molar-refractivity contribution in [1.82, 2.24) is 4.90 Å². The number of ether oxygens (including phenoxy) is 1. The van der Waals surface area contributed by atoms with Crippen LogP contribution in [0.1, 0.15) is 54.9 Å². The molecule has 0 bridgehead atoms. The lowest BCUT2D eigenvalue weighted by molar-refractivity contribution is -0.0836. The van der Waals surface area contributed by atoms with Gasteiger partial charge in [-0.1, -0.05) is 20.8 Å². The lowest BCUT2D eigenvalue weighted by Gasteiger charge is -2.40. The molecule has 0 saturated carbocycles. The minimum Gasteiger partial charge on any atom is -0.412 e. The van der Waals surface area contributed by atoms with E-state index in [2.05, 4.69) is 45.7 Å². The highest BCUT2D eigenvalue weighted by Crippen LogP contribution is 2.40. The summed E-state index contributed by atoms with van der Waals surface area (Å²) in [6, 6.07) is 0.0940. The van der Waals surface area contributed by atoms with Crippen LogP contribution in [-0.4, -0.2) is 65.0 Å². The van der Waals surface area contributed by atoms with Gasteiger partial charge in [-0.15, -0.1) is 0 Å². The van der Waals surface area contributed by atoms with Crippen LogP contribution >= 0.6 is 0 Å². The lowest BCUT2D eigenvalue weighted by Crippen LogP contribution is -2.47. The van der Waals surface area contributed by atoms with Crippen molar-refractivity contribution in [1.29, 1.82) is 0 Å². The van der Waals surface area contributed by atoms with Gasteiger partial charge in [0.1, 0.15) is 6.73 Å². The van der Waals surface area contributed by atoms with E-state index in [9.17, 15) is 8.42 Å². The van der Waals surface area contributed by atoms with Crippen LogP contribution in [0, 0.1) is 0 Å².